The molecular formula is C28H30NO5P. The van der Waals surface area contributed by atoms with Gasteiger partial charge in [-0.05, 0) is 23.1 Å². The van der Waals surface area contributed by atoms with Crippen LogP contribution in [0.3, 0.4) is 0 Å². The molecule has 6 nitrogen and oxygen atoms in total. The van der Waals surface area contributed by atoms with Gasteiger partial charge >= 0.3 is 5.97 Å². The van der Waals surface area contributed by atoms with Gasteiger partial charge < -0.3 is 20.1 Å². The Balaban J connectivity index is 2.01. The number of aliphatic hydroxyl groups is 1. The summed E-state index contributed by atoms with van der Waals surface area (Å²) >= 11 is 0. The van der Waals surface area contributed by atoms with Crippen molar-refractivity contribution in [1.29, 1.82) is 0 Å². The lowest BCUT2D eigenvalue weighted by atomic mass is 9.76. The van der Waals surface area contributed by atoms with Crippen molar-refractivity contribution in [3.8, 4) is 0 Å². The molecule has 0 saturated heterocycles. The molecule has 0 aliphatic rings. The summed E-state index contributed by atoms with van der Waals surface area (Å²) in [6.45, 7) is 3.52. The van der Waals surface area contributed by atoms with Crippen LogP contribution in [0.15, 0.2) is 104 Å². The average Bonchev–Trinajstić information content (AvgIpc) is 2.89. The highest BCUT2D eigenvalue weighted by molar-refractivity contribution is 7.25. The molecule has 0 aromatic heterocycles. The molecule has 0 saturated carbocycles. The minimum absolute atomic E-state index is 0.133. The van der Waals surface area contributed by atoms with Crippen LogP contribution < -0.4 is 5.32 Å². The van der Waals surface area contributed by atoms with Crippen LogP contribution >= 0.6 is 8.46 Å². The van der Waals surface area contributed by atoms with Crippen molar-refractivity contribution in [2.24, 2.45) is 5.92 Å². The Hall–Kier alpha value is -3.47. The second kappa shape index (κ2) is 11.8. The van der Waals surface area contributed by atoms with E-state index in [9.17, 15) is 24.4 Å². The molecule has 3 N–H and O–H groups in total. The van der Waals surface area contributed by atoms with E-state index in [1.807, 2.05) is 91.0 Å². The lowest BCUT2D eigenvalue weighted by Gasteiger charge is -2.37. The van der Waals surface area contributed by atoms with Crippen molar-refractivity contribution in [1.82, 2.24) is 5.32 Å². The van der Waals surface area contributed by atoms with Gasteiger partial charge in [0.15, 0.2) is 0 Å². The van der Waals surface area contributed by atoms with Crippen LogP contribution in [-0.4, -0.2) is 27.4 Å². The summed E-state index contributed by atoms with van der Waals surface area (Å²) < 4.78 is 11.7. The van der Waals surface area contributed by atoms with Crippen LogP contribution in [0, 0.1) is 5.92 Å². The first-order chi connectivity index (χ1) is 16.9. The van der Waals surface area contributed by atoms with Gasteiger partial charge in [0.05, 0.1) is 14.4 Å². The fourth-order valence-electron chi connectivity index (χ4n) is 4.42. The highest BCUT2D eigenvalue weighted by Crippen LogP contribution is 2.38. The predicted molar refractivity (Wildman–Crippen MR) is 138 cm³/mol. The van der Waals surface area contributed by atoms with Gasteiger partial charge in [-0.25, -0.2) is 0 Å². The first kappa shape index (κ1) is 26.1. The van der Waals surface area contributed by atoms with Gasteiger partial charge in [-0.15, -0.1) is 6.58 Å². The van der Waals surface area contributed by atoms with E-state index in [0.29, 0.717) is 0 Å². The summed E-state index contributed by atoms with van der Waals surface area (Å²) in [4.78, 5) is 25.3. The highest BCUT2D eigenvalue weighted by atomic mass is 31.1. The van der Waals surface area contributed by atoms with Crippen molar-refractivity contribution in [3.05, 3.63) is 120 Å². The summed E-state index contributed by atoms with van der Waals surface area (Å²) in [6.07, 6.45) is 0.859. The third kappa shape index (κ3) is 5.79. The molecule has 0 fully saturated rings. The van der Waals surface area contributed by atoms with Crippen molar-refractivity contribution in [2.45, 2.75) is 30.1 Å². The monoisotopic (exact) mass is 491 g/mol. The van der Waals surface area contributed by atoms with Crippen molar-refractivity contribution >= 4 is 20.3 Å². The van der Waals surface area contributed by atoms with E-state index in [-0.39, 0.29) is 19.3 Å². The van der Waals surface area contributed by atoms with Gasteiger partial charge in [0.2, 0.25) is 5.91 Å². The lowest BCUT2D eigenvalue weighted by molar-refractivity contribution is -0.147. The van der Waals surface area contributed by atoms with Crippen molar-refractivity contribution in [3.63, 3.8) is 0 Å². The van der Waals surface area contributed by atoms with E-state index in [1.54, 1.807) is 0 Å². The number of carbonyl (C=O) groups is 2. The summed E-state index contributed by atoms with van der Waals surface area (Å²) in [5.41, 5.74) is 1.49. The number of hydrogen-bond acceptors (Lipinski definition) is 4. The van der Waals surface area contributed by atoms with Gasteiger partial charge in [-0.1, -0.05) is 97.1 Å². The number of hydrogen-bond donors (Lipinski definition) is 3. The molecule has 3 rings (SSSR count). The Kier molecular flexibility index (Phi) is 8.80. The summed E-state index contributed by atoms with van der Waals surface area (Å²) in [7, 11) is -1.81. The van der Waals surface area contributed by atoms with Gasteiger partial charge in [0.1, 0.15) is 10.9 Å². The van der Waals surface area contributed by atoms with E-state index in [4.69, 9.17) is 0 Å². The van der Waals surface area contributed by atoms with Crippen LogP contribution in [0.4, 0.5) is 0 Å². The Morgan fingerprint density at radius 3 is 1.66 bits per heavy atom. The third-order valence-electron chi connectivity index (χ3n) is 6.18. The SMILES string of the molecule is C=CCC(O)([PH2]=O)C(CCC(=O)NC(c1ccccc1)(c1ccccc1)c1ccccc1)C(=O)O. The molecule has 3 aromatic carbocycles. The molecule has 0 bridgehead atoms. The Morgan fingerprint density at radius 1 is 0.886 bits per heavy atom. The normalized spacial score (nSPS) is 14.2. The molecule has 0 radical (unpaired) electrons. The lowest BCUT2D eigenvalue weighted by Crippen LogP contribution is -2.48. The largest absolute Gasteiger partial charge is 0.481 e. The first-order valence-corrected chi connectivity index (χ1v) is 12.4. The van der Waals surface area contributed by atoms with Crippen LogP contribution in [0.2, 0.25) is 0 Å². The number of carboxylic acid groups (broad SMARTS) is 1. The molecule has 0 heterocycles. The second-order valence-electron chi connectivity index (χ2n) is 8.43. The zero-order valence-electron chi connectivity index (χ0n) is 19.3. The molecule has 3 aromatic rings. The molecule has 7 heteroatoms. The van der Waals surface area contributed by atoms with E-state index in [1.165, 1.54) is 6.08 Å². The fraction of sp³-hybridized carbons (Fsp3) is 0.214. The van der Waals surface area contributed by atoms with Crippen LogP contribution in [0.25, 0.3) is 0 Å². The summed E-state index contributed by atoms with van der Waals surface area (Å²) in [5.74, 6) is -3.06. The number of aliphatic carboxylic acids is 1. The van der Waals surface area contributed by atoms with Gasteiger partial charge in [-0.3, -0.25) is 9.59 Å². The van der Waals surface area contributed by atoms with E-state index in [2.05, 4.69) is 11.9 Å². The standard InChI is InChI=1S/C28H30NO5P/c1-2-20-27(33,35-34)24(26(31)32)18-19-25(30)29-28(21-12-6-3-7-13-21,22-14-8-4-9-15-22)23-16-10-5-11-17-23/h2-17,24,33H,1,18-20,35H2,(H,29,30)(H,31,32). The van der Waals surface area contributed by atoms with Crippen LogP contribution in [0.5, 0.6) is 0 Å². The van der Waals surface area contributed by atoms with Crippen LogP contribution in [0.1, 0.15) is 36.0 Å². The minimum atomic E-state index is -1.93. The zero-order chi connectivity index (χ0) is 25.3. The molecule has 3 atom stereocenters. The Morgan fingerprint density at radius 2 is 1.31 bits per heavy atom. The van der Waals surface area contributed by atoms with Crippen molar-refractivity contribution in [2.75, 3.05) is 0 Å². The maximum atomic E-state index is 13.4. The van der Waals surface area contributed by atoms with Gasteiger partial charge in [0, 0.05) is 12.8 Å². The Bertz CT molecular complexity index is 1060. The van der Waals surface area contributed by atoms with E-state index < -0.39 is 37.1 Å². The zero-order valence-corrected chi connectivity index (χ0v) is 20.5. The maximum absolute atomic E-state index is 13.4. The maximum Gasteiger partial charge on any atom is 0.309 e. The van der Waals surface area contributed by atoms with Crippen molar-refractivity contribution < 1.29 is 24.4 Å². The second-order valence-corrected chi connectivity index (χ2v) is 9.66. The molecule has 3 unspecified atom stereocenters. The van der Waals surface area contributed by atoms with E-state index >= 15 is 0 Å². The van der Waals surface area contributed by atoms with Crippen LogP contribution in [-0.2, 0) is 19.7 Å². The molecule has 0 aliphatic carbocycles. The molecule has 182 valence electrons. The number of amides is 1. The Labute approximate surface area is 206 Å². The molecule has 35 heavy (non-hydrogen) atoms. The van der Waals surface area contributed by atoms with Gasteiger partial charge in [0.25, 0.3) is 0 Å². The molecule has 0 spiro atoms. The van der Waals surface area contributed by atoms with Gasteiger partial charge in [-0.2, -0.15) is 0 Å². The number of rotatable bonds is 12. The summed E-state index contributed by atoms with van der Waals surface area (Å²) in [5, 5.41) is 21.6. The highest BCUT2D eigenvalue weighted by Gasteiger charge is 2.41. The molecule has 1 amide bonds. The average molecular weight is 492 g/mol. The number of nitrogens with one attached hydrogen (secondary N) is 1. The number of benzene rings is 3. The topological polar surface area (TPSA) is 104 Å². The molecular weight excluding hydrogens is 461 g/mol. The first-order valence-electron chi connectivity index (χ1n) is 11.4. The number of carbonyl (C=O) groups excluding carboxylic acids is 1. The minimum Gasteiger partial charge on any atom is -0.481 e. The summed E-state index contributed by atoms with van der Waals surface area (Å²) in [6, 6.07) is 28.7. The third-order valence-corrected chi connectivity index (χ3v) is 7.23. The molecule has 0 aliphatic heterocycles. The quantitative estimate of drug-likeness (QED) is 0.195. The van der Waals surface area contributed by atoms with E-state index in [0.717, 1.165) is 16.7 Å². The predicted octanol–water partition coefficient (Wildman–Crippen LogP) is 4.60. The fourth-order valence-corrected chi connectivity index (χ4v) is 5.16. The number of carboxylic acids is 1. The smallest absolute Gasteiger partial charge is 0.309 e.